The summed E-state index contributed by atoms with van der Waals surface area (Å²) in [6, 6.07) is 21.6. The second kappa shape index (κ2) is 10.1. The molecule has 1 amide bonds. The van der Waals surface area contributed by atoms with Crippen molar-refractivity contribution >= 4 is 21.6 Å². The summed E-state index contributed by atoms with van der Waals surface area (Å²) in [6.07, 6.45) is 3.17. The van der Waals surface area contributed by atoms with E-state index in [-0.39, 0.29) is 17.3 Å². The third kappa shape index (κ3) is 6.06. The van der Waals surface area contributed by atoms with Crippen LogP contribution < -0.4 is 14.8 Å². The molecule has 2 N–H and O–H groups in total. The van der Waals surface area contributed by atoms with E-state index in [1.54, 1.807) is 42.6 Å². The molecule has 2 aromatic carbocycles. The van der Waals surface area contributed by atoms with E-state index in [1.807, 2.05) is 18.2 Å². The maximum Gasteiger partial charge on any atom is 0.255 e. The number of pyridine rings is 1. The molecule has 8 nitrogen and oxygen atoms in total. The van der Waals surface area contributed by atoms with Gasteiger partial charge in [-0.15, -0.1) is 0 Å². The lowest BCUT2D eigenvalue weighted by molar-refractivity contribution is 0.102. The summed E-state index contributed by atoms with van der Waals surface area (Å²) < 4.78 is 38.2. The highest BCUT2D eigenvalue weighted by Crippen LogP contribution is 2.20. The predicted molar refractivity (Wildman–Crippen MR) is 122 cm³/mol. The summed E-state index contributed by atoms with van der Waals surface area (Å²) in [5.74, 6) is 0.715. The molecule has 0 radical (unpaired) electrons. The fourth-order valence-electron chi connectivity index (χ4n) is 2.96. The molecule has 0 spiro atoms. The lowest BCUT2D eigenvalue weighted by Crippen LogP contribution is -2.23. The molecule has 0 aliphatic rings. The van der Waals surface area contributed by atoms with Crippen molar-refractivity contribution in [2.75, 3.05) is 5.32 Å². The van der Waals surface area contributed by atoms with Gasteiger partial charge in [-0.3, -0.25) is 9.78 Å². The summed E-state index contributed by atoms with van der Waals surface area (Å²) >= 11 is 0. The van der Waals surface area contributed by atoms with Gasteiger partial charge in [-0.2, -0.15) is 0 Å². The number of hydrogen-bond acceptors (Lipinski definition) is 6. The number of benzene rings is 2. The van der Waals surface area contributed by atoms with Crippen molar-refractivity contribution in [2.24, 2.45) is 0 Å². The van der Waals surface area contributed by atoms with E-state index >= 15 is 0 Å². The van der Waals surface area contributed by atoms with Crippen molar-refractivity contribution in [3.63, 3.8) is 0 Å². The zero-order valence-corrected chi connectivity index (χ0v) is 18.3. The predicted octanol–water partition coefficient (Wildman–Crippen LogP) is 3.98. The van der Waals surface area contributed by atoms with E-state index in [0.717, 1.165) is 5.69 Å². The first-order chi connectivity index (χ1) is 16.0. The third-order valence-electron chi connectivity index (χ3n) is 4.65. The largest absolute Gasteiger partial charge is 0.487 e. The van der Waals surface area contributed by atoms with Crippen LogP contribution in [0.5, 0.6) is 5.75 Å². The molecule has 0 bridgehead atoms. The van der Waals surface area contributed by atoms with Gasteiger partial charge in [0, 0.05) is 23.5 Å². The molecule has 168 valence electrons. The SMILES string of the molecule is O=C(Nc1cccc(OCc2ccccn2)c1)c1ccc(S(=O)(=O)NCc2ccco2)cc1. The highest BCUT2D eigenvalue weighted by molar-refractivity contribution is 7.89. The minimum atomic E-state index is -3.74. The van der Waals surface area contributed by atoms with E-state index in [1.165, 1.54) is 30.5 Å². The number of anilines is 1. The van der Waals surface area contributed by atoms with Crippen molar-refractivity contribution in [3.8, 4) is 5.75 Å². The van der Waals surface area contributed by atoms with Crippen LogP contribution in [0.15, 0.2) is 101 Å². The second-order valence-corrected chi connectivity index (χ2v) is 8.79. The molecule has 4 aromatic rings. The molecule has 0 aliphatic carbocycles. The normalized spacial score (nSPS) is 11.2. The Morgan fingerprint density at radius 1 is 0.970 bits per heavy atom. The lowest BCUT2D eigenvalue weighted by atomic mass is 10.2. The molecule has 33 heavy (non-hydrogen) atoms. The molecule has 0 saturated carbocycles. The summed E-state index contributed by atoms with van der Waals surface area (Å²) in [5.41, 5.74) is 1.66. The molecule has 4 rings (SSSR count). The van der Waals surface area contributed by atoms with Crippen LogP contribution >= 0.6 is 0 Å². The summed E-state index contributed by atoms with van der Waals surface area (Å²) in [5, 5.41) is 2.79. The van der Waals surface area contributed by atoms with Crippen LogP contribution in [0.4, 0.5) is 5.69 Å². The van der Waals surface area contributed by atoms with Crippen LogP contribution in [-0.4, -0.2) is 19.3 Å². The molecule has 2 aromatic heterocycles. The van der Waals surface area contributed by atoms with E-state index in [9.17, 15) is 13.2 Å². The number of nitrogens with one attached hydrogen (secondary N) is 2. The monoisotopic (exact) mass is 463 g/mol. The van der Waals surface area contributed by atoms with Gasteiger partial charge in [-0.05, 0) is 60.7 Å². The second-order valence-electron chi connectivity index (χ2n) is 7.02. The average Bonchev–Trinajstić information content (AvgIpc) is 3.36. The first-order valence-corrected chi connectivity index (χ1v) is 11.5. The zero-order valence-electron chi connectivity index (χ0n) is 17.5. The first-order valence-electron chi connectivity index (χ1n) is 10.1. The smallest absolute Gasteiger partial charge is 0.255 e. The molecule has 0 atom stereocenters. The molecule has 9 heteroatoms. The molecule has 0 saturated heterocycles. The number of furan rings is 1. The van der Waals surface area contributed by atoms with Crippen LogP contribution in [0, 0.1) is 0 Å². The number of carbonyl (C=O) groups excluding carboxylic acids is 1. The van der Waals surface area contributed by atoms with Crippen molar-refractivity contribution < 1.29 is 22.4 Å². The van der Waals surface area contributed by atoms with Crippen LogP contribution in [0.3, 0.4) is 0 Å². The Morgan fingerprint density at radius 2 is 1.82 bits per heavy atom. The fraction of sp³-hybridized carbons (Fsp3) is 0.0833. The summed E-state index contributed by atoms with van der Waals surface area (Å²) in [6.45, 7) is 0.346. The lowest BCUT2D eigenvalue weighted by Gasteiger charge is -2.10. The molecule has 0 fully saturated rings. The average molecular weight is 464 g/mol. The van der Waals surface area contributed by atoms with Crippen molar-refractivity contribution in [3.05, 3.63) is 108 Å². The Labute approximate surface area is 191 Å². The summed E-state index contributed by atoms with van der Waals surface area (Å²) in [7, 11) is -3.74. The van der Waals surface area contributed by atoms with Gasteiger partial charge in [0.25, 0.3) is 5.91 Å². The van der Waals surface area contributed by atoms with Crippen LogP contribution in [0.25, 0.3) is 0 Å². The Hall–Kier alpha value is -3.95. The third-order valence-corrected chi connectivity index (χ3v) is 6.07. The van der Waals surface area contributed by atoms with Gasteiger partial charge in [0.15, 0.2) is 0 Å². The van der Waals surface area contributed by atoms with E-state index in [4.69, 9.17) is 9.15 Å². The number of carbonyl (C=O) groups is 1. The van der Waals surface area contributed by atoms with Crippen LogP contribution in [0.1, 0.15) is 21.8 Å². The van der Waals surface area contributed by atoms with Gasteiger partial charge in [-0.1, -0.05) is 12.1 Å². The Morgan fingerprint density at radius 3 is 2.55 bits per heavy atom. The number of aromatic nitrogens is 1. The topological polar surface area (TPSA) is 111 Å². The number of amides is 1. The quantitative estimate of drug-likeness (QED) is 0.388. The minimum absolute atomic E-state index is 0.0380. The van der Waals surface area contributed by atoms with Crippen molar-refractivity contribution in [1.29, 1.82) is 0 Å². The molecule has 0 unspecified atom stereocenters. The Kier molecular flexibility index (Phi) is 6.82. The Bertz CT molecular complexity index is 1310. The zero-order chi connectivity index (χ0) is 23.1. The van der Waals surface area contributed by atoms with Crippen LogP contribution in [0.2, 0.25) is 0 Å². The highest BCUT2D eigenvalue weighted by atomic mass is 32.2. The van der Waals surface area contributed by atoms with Crippen molar-refractivity contribution in [2.45, 2.75) is 18.0 Å². The number of nitrogens with zero attached hydrogens (tertiary/aromatic N) is 1. The van der Waals surface area contributed by atoms with Gasteiger partial charge >= 0.3 is 0 Å². The molecular weight excluding hydrogens is 442 g/mol. The van der Waals surface area contributed by atoms with Gasteiger partial charge in [-0.25, -0.2) is 13.1 Å². The van der Waals surface area contributed by atoms with Crippen molar-refractivity contribution in [1.82, 2.24) is 9.71 Å². The van der Waals surface area contributed by atoms with E-state index < -0.39 is 10.0 Å². The van der Waals surface area contributed by atoms with Crippen LogP contribution in [-0.2, 0) is 23.2 Å². The first kappa shape index (κ1) is 22.3. The van der Waals surface area contributed by atoms with E-state index in [0.29, 0.717) is 29.4 Å². The maximum absolute atomic E-state index is 12.6. The fourth-order valence-corrected chi connectivity index (χ4v) is 3.95. The van der Waals surface area contributed by atoms with Gasteiger partial charge in [0.1, 0.15) is 18.1 Å². The van der Waals surface area contributed by atoms with Gasteiger partial charge in [0.2, 0.25) is 10.0 Å². The van der Waals surface area contributed by atoms with Gasteiger partial charge in [0.05, 0.1) is 23.4 Å². The highest BCUT2D eigenvalue weighted by Gasteiger charge is 2.15. The maximum atomic E-state index is 12.6. The standard InChI is InChI=1S/C24H21N3O5S/c28-24(27-19-6-3-7-21(15-19)32-17-20-5-1-2-13-25-20)18-9-11-23(12-10-18)33(29,30)26-16-22-8-4-14-31-22/h1-15,26H,16-17H2,(H,27,28). The van der Waals surface area contributed by atoms with Gasteiger partial charge < -0.3 is 14.5 Å². The molecule has 2 heterocycles. The molecular formula is C24H21N3O5S. The number of hydrogen-bond donors (Lipinski definition) is 2. The van der Waals surface area contributed by atoms with E-state index in [2.05, 4.69) is 15.0 Å². The number of sulfonamides is 1. The minimum Gasteiger partial charge on any atom is -0.487 e. The number of rotatable bonds is 9. The Balaban J connectivity index is 1.36. The molecule has 0 aliphatic heterocycles. The number of ether oxygens (including phenoxy) is 1. The summed E-state index contributed by atoms with van der Waals surface area (Å²) in [4.78, 5) is 16.9.